The number of benzene rings is 2. The fourth-order valence-electron chi connectivity index (χ4n) is 3.12. The average Bonchev–Trinajstić information content (AvgIpc) is 2.70. The van der Waals surface area contributed by atoms with Crippen molar-refractivity contribution in [2.24, 2.45) is 0 Å². The molecule has 0 heterocycles. The Bertz CT molecular complexity index is 875. The third-order valence-electron chi connectivity index (χ3n) is 4.75. The molecule has 0 aliphatic carbocycles. The lowest BCUT2D eigenvalue weighted by Crippen LogP contribution is -2.52. The van der Waals surface area contributed by atoms with Gasteiger partial charge in [0, 0.05) is 17.8 Å². The molecule has 6 heteroatoms. The van der Waals surface area contributed by atoms with Crippen LogP contribution in [-0.4, -0.2) is 41.2 Å². The minimum atomic E-state index is -0.561. The summed E-state index contributed by atoms with van der Waals surface area (Å²) < 4.78 is 5.19. The van der Waals surface area contributed by atoms with E-state index in [1.807, 2.05) is 70.2 Å². The second-order valence-electron chi connectivity index (χ2n) is 8.77. The van der Waals surface area contributed by atoms with Crippen LogP contribution >= 0.6 is 11.8 Å². The first kappa shape index (κ1) is 24.8. The summed E-state index contributed by atoms with van der Waals surface area (Å²) in [7, 11) is 1.64. The molecule has 0 saturated carbocycles. The van der Waals surface area contributed by atoms with E-state index in [2.05, 4.69) is 11.4 Å². The van der Waals surface area contributed by atoms with Crippen LogP contribution in [0.25, 0.3) is 0 Å². The summed E-state index contributed by atoms with van der Waals surface area (Å²) in [5, 5.41) is 2.99. The van der Waals surface area contributed by atoms with Crippen LogP contribution < -0.4 is 10.1 Å². The Morgan fingerprint density at radius 2 is 1.77 bits per heavy atom. The first-order valence-electron chi connectivity index (χ1n) is 10.5. The van der Waals surface area contributed by atoms with Crippen LogP contribution in [0.4, 0.5) is 0 Å². The molecule has 0 aliphatic heterocycles. The summed E-state index contributed by atoms with van der Waals surface area (Å²) in [6.45, 7) is 10.0. The molecule has 0 bridgehead atoms. The highest BCUT2D eigenvalue weighted by atomic mass is 32.2. The van der Waals surface area contributed by atoms with Crippen LogP contribution in [0, 0.1) is 6.92 Å². The van der Waals surface area contributed by atoms with Crippen molar-refractivity contribution in [3.63, 3.8) is 0 Å². The van der Waals surface area contributed by atoms with Gasteiger partial charge in [0.2, 0.25) is 11.8 Å². The summed E-state index contributed by atoms with van der Waals surface area (Å²) in [5.74, 6) is 1.65. The third kappa shape index (κ3) is 8.29. The summed E-state index contributed by atoms with van der Waals surface area (Å²) in [4.78, 5) is 27.6. The second-order valence-corrected chi connectivity index (χ2v) is 9.75. The number of hydrogen-bond acceptors (Lipinski definition) is 4. The lowest BCUT2D eigenvalue weighted by molar-refractivity contribution is -0.139. The maximum atomic E-state index is 13.1. The fourth-order valence-corrected chi connectivity index (χ4v) is 4.00. The van der Waals surface area contributed by atoms with E-state index in [0.29, 0.717) is 12.3 Å². The van der Waals surface area contributed by atoms with Gasteiger partial charge in [-0.2, -0.15) is 0 Å². The molecule has 2 aromatic carbocycles. The molecule has 168 valence electrons. The highest BCUT2D eigenvalue weighted by Gasteiger charge is 2.28. The minimum Gasteiger partial charge on any atom is -0.497 e. The molecule has 0 aliphatic rings. The summed E-state index contributed by atoms with van der Waals surface area (Å²) in [6.07, 6.45) is 0. The van der Waals surface area contributed by atoms with Crippen molar-refractivity contribution < 1.29 is 14.3 Å². The molecular formula is C25H34N2O3S. The molecule has 2 amide bonds. The Morgan fingerprint density at radius 3 is 2.35 bits per heavy atom. The summed E-state index contributed by atoms with van der Waals surface area (Å²) in [6, 6.07) is 15.3. The normalized spacial score (nSPS) is 12.2. The average molecular weight is 443 g/mol. The predicted octanol–water partition coefficient (Wildman–Crippen LogP) is 4.57. The van der Waals surface area contributed by atoms with Crippen LogP contribution in [0.1, 0.15) is 44.4 Å². The molecule has 31 heavy (non-hydrogen) atoms. The molecule has 0 saturated heterocycles. The van der Waals surface area contributed by atoms with Crippen LogP contribution in [0.15, 0.2) is 48.5 Å². The highest BCUT2D eigenvalue weighted by Crippen LogP contribution is 2.19. The highest BCUT2D eigenvalue weighted by molar-refractivity contribution is 7.99. The molecule has 1 atom stereocenters. The predicted molar refractivity (Wildman–Crippen MR) is 128 cm³/mol. The van der Waals surface area contributed by atoms with Crippen LogP contribution in [0.2, 0.25) is 0 Å². The van der Waals surface area contributed by atoms with Crippen molar-refractivity contribution in [1.82, 2.24) is 10.2 Å². The van der Waals surface area contributed by atoms with E-state index >= 15 is 0 Å². The number of ether oxygens (including phenoxy) is 1. The van der Waals surface area contributed by atoms with E-state index in [1.54, 1.807) is 30.7 Å². The van der Waals surface area contributed by atoms with Crippen molar-refractivity contribution in [3.8, 4) is 5.75 Å². The van der Waals surface area contributed by atoms with Gasteiger partial charge in [0.15, 0.2) is 0 Å². The minimum absolute atomic E-state index is 0.0448. The molecule has 0 radical (unpaired) electrons. The van der Waals surface area contributed by atoms with E-state index < -0.39 is 6.04 Å². The van der Waals surface area contributed by atoms with Crippen molar-refractivity contribution in [1.29, 1.82) is 0 Å². The molecule has 0 aromatic heterocycles. The van der Waals surface area contributed by atoms with Crippen molar-refractivity contribution >= 4 is 23.6 Å². The lowest BCUT2D eigenvalue weighted by Gasteiger charge is -2.31. The standard InChI is InChI=1S/C25H34N2O3S/c1-18-8-7-9-21(14-18)15-27(19(2)24(29)26-25(3,4)5)23(28)17-31-16-20-10-12-22(30-6)13-11-20/h7-14,19H,15-17H2,1-6H3,(H,26,29). The molecule has 1 N–H and O–H groups in total. The van der Waals surface area contributed by atoms with Gasteiger partial charge in [-0.3, -0.25) is 9.59 Å². The van der Waals surface area contributed by atoms with E-state index in [4.69, 9.17) is 4.74 Å². The topological polar surface area (TPSA) is 58.6 Å². The van der Waals surface area contributed by atoms with Gasteiger partial charge in [-0.1, -0.05) is 42.0 Å². The smallest absolute Gasteiger partial charge is 0.242 e. The number of carbonyl (C=O) groups is 2. The zero-order valence-corrected chi connectivity index (χ0v) is 20.2. The number of rotatable bonds is 9. The van der Waals surface area contributed by atoms with Crippen molar-refractivity contribution in [2.45, 2.75) is 58.5 Å². The molecule has 2 rings (SSSR count). The molecular weight excluding hydrogens is 408 g/mol. The van der Waals surface area contributed by atoms with Gasteiger partial charge >= 0.3 is 0 Å². The number of methoxy groups -OCH3 is 1. The molecule has 0 spiro atoms. The van der Waals surface area contributed by atoms with Crippen LogP contribution in [0.3, 0.4) is 0 Å². The monoisotopic (exact) mass is 442 g/mol. The molecule has 1 unspecified atom stereocenters. The van der Waals surface area contributed by atoms with Gasteiger partial charge in [0.1, 0.15) is 11.8 Å². The van der Waals surface area contributed by atoms with Crippen molar-refractivity contribution in [2.75, 3.05) is 12.9 Å². The summed E-state index contributed by atoms with van der Waals surface area (Å²) in [5.41, 5.74) is 2.92. The number of amides is 2. The Labute approximate surface area is 190 Å². The number of aryl methyl sites for hydroxylation is 1. The van der Waals surface area contributed by atoms with Crippen molar-refractivity contribution in [3.05, 3.63) is 65.2 Å². The Kier molecular flexibility index (Phi) is 8.99. The maximum absolute atomic E-state index is 13.1. The largest absolute Gasteiger partial charge is 0.497 e. The van der Waals surface area contributed by atoms with Crippen LogP contribution in [0.5, 0.6) is 5.75 Å². The van der Waals surface area contributed by atoms with E-state index in [-0.39, 0.29) is 17.4 Å². The van der Waals surface area contributed by atoms with Gasteiger partial charge in [-0.15, -0.1) is 11.8 Å². The first-order chi connectivity index (χ1) is 14.6. The third-order valence-corrected chi connectivity index (χ3v) is 5.74. The Morgan fingerprint density at radius 1 is 1.10 bits per heavy atom. The fraction of sp³-hybridized carbons (Fsp3) is 0.440. The lowest BCUT2D eigenvalue weighted by atomic mass is 10.1. The molecule has 0 fully saturated rings. The number of carbonyl (C=O) groups excluding carboxylic acids is 2. The SMILES string of the molecule is COc1ccc(CSCC(=O)N(Cc2cccc(C)c2)C(C)C(=O)NC(C)(C)C)cc1. The second kappa shape index (κ2) is 11.2. The number of thioether (sulfide) groups is 1. The van der Waals surface area contributed by atoms with Gasteiger partial charge in [-0.05, 0) is 57.9 Å². The number of hydrogen-bond donors (Lipinski definition) is 1. The van der Waals surface area contributed by atoms with E-state index in [9.17, 15) is 9.59 Å². The van der Waals surface area contributed by atoms with Crippen LogP contribution in [-0.2, 0) is 21.9 Å². The molecule has 2 aromatic rings. The number of nitrogens with zero attached hydrogens (tertiary/aromatic N) is 1. The van der Waals surface area contributed by atoms with Gasteiger partial charge < -0.3 is 15.0 Å². The maximum Gasteiger partial charge on any atom is 0.242 e. The summed E-state index contributed by atoms with van der Waals surface area (Å²) >= 11 is 1.55. The number of nitrogens with one attached hydrogen (secondary N) is 1. The quantitative estimate of drug-likeness (QED) is 0.618. The Balaban J connectivity index is 2.07. The first-order valence-corrected chi connectivity index (χ1v) is 11.6. The zero-order valence-electron chi connectivity index (χ0n) is 19.4. The van der Waals surface area contributed by atoms with Gasteiger partial charge in [0.25, 0.3) is 0 Å². The van der Waals surface area contributed by atoms with Gasteiger partial charge in [0.05, 0.1) is 12.9 Å². The zero-order chi connectivity index (χ0) is 23.0. The van der Waals surface area contributed by atoms with E-state index in [1.165, 1.54) is 0 Å². The van der Waals surface area contributed by atoms with Gasteiger partial charge in [-0.25, -0.2) is 0 Å². The Hall–Kier alpha value is -2.47. The molecule has 5 nitrogen and oxygen atoms in total. The van der Waals surface area contributed by atoms with E-state index in [0.717, 1.165) is 28.2 Å².